The van der Waals surface area contributed by atoms with Crippen molar-refractivity contribution in [1.82, 2.24) is 9.97 Å². The van der Waals surface area contributed by atoms with Crippen LogP contribution >= 0.6 is 0 Å². The first-order valence-electron chi connectivity index (χ1n) is 7.62. The molecule has 1 heterocycles. The van der Waals surface area contributed by atoms with Crippen LogP contribution in [-0.4, -0.2) is 35.3 Å². The summed E-state index contributed by atoms with van der Waals surface area (Å²) in [5, 5.41) is 3.41. The van der Waals surface area contributed by atoms with Crippen molar-refractivity contribution in [3.05, 3.63) is 6.33 Å². The normalized spacial score (nSPS) is 23.4. The van der Waals surface area contributed by atoms with Crippen LogP contribution in [0, 0.1) is 5.41 Å². The van der Waals surface area contributed by atoms with Gasteiger partial charge in [0.1, 0.15) is 12.0 Å². The molecule has 0 aliphatic heterocycles. The molecule has 1 aromatic rings. The van der Waals surface area contributed by atoms with E-state index in [0.717, 1.165) is 19.4 Å². The number of nitrogens with two attached hydrogens (primary N) is 1. The van der Waals surface area contributed by atoms with Gasteiger partial charge in [-0.2, -0.15) is 4.98 Å². The average Bonchev–Trinajstić information content (AvgIpc) is 2.46. The quantitative estimate of drug-likeness (QED) is 0.804. The van der Waals surface area contributed by atoms with E-state index in [2.05, 4.69) is 29.1 Å². The van der Waals surface area contributed by atoms with Crippen molar-refractivity contribution in [3.63, 3.8) is 0 Å². The number of anilines is 2. The summed E-state index contributed by atoms with van der Waals surface area (Å²) in [6.45, 7) is 9.80. The molecular weight excluding hydrogens is 268 g/mol. The number of nitrogens with zero attached hydrogens (tertiary/aromatic N) is 2. The van der Waals surface area contributed by atoms with Crippen LogP contribution in [0.3, 0.4) is 0 Å². The van der Waals surface area contributed by atoms with Crippen molar-refractivity contribution >= 4 is 11.5 Å². The van der Waals surface area contributed by atoms with E-state index in [4.69, 9.17) is 15.2 Å². The number of ether oxygens (including phenoxy) is 2. The average molecular weight is 294 g/mol. The molecule has 1 aromatic heterocycles. The lowest BCUT2D eigenvalue weighted by Gasteiger charge is -2.51. The van der Waals surface area contributed by atoms with Crippen molar-refractivity contribution in [3.8, 4) is 5.88 Å². The van der Waals surface area contributed by atoms with Crippen LogP contribution in [-0.2, 0) is 4.74 Å². The zero-order valence-corrected chi connectivity index (χ0v) is 13.3. The van der Waals surface area contributed by atoms with E-state index in [1.165, 1.54) is 6.33 Å². The highest BCUT2D eigenvalue weighted by Crippen LogP contribution is 2.44. The van der Waals surface area contributed by atoms with E-state index in [1.807, 2.05) is 13.8 Å². The molecule has 6 nitrogen and oxygen atoms in total. The van der Waals surface area contributed by atoms with Crippen LogP contribution in [0.4, 0.5) is 11.5 Å². The molecule has 1 fully saturated rings. The molecule has 1 aliphatic carbocycles. The minimum absolute atomic E-state index is 0.0534. The van der Waals surface area contributed by atoms with Crippen molar-refractivity contribution in [2.45, 2.75) is 52.7 Å². The molecule has 0 radical (unpaired) electrons. The minimum Gasteiger partial charge on any atom is -0.476 e. The Hall–Kier alpha value is -1.56. The second-order valence-corrected chi connectivity index (χ2v) is 5.99. The first-order chi connectivity index (χ1) is 10.0. The highest BCUT2D eigenvalue weighted by atomic mass is 16.5. The monoisotopic (exact) mass is 294 g/mol. The van der Waals surface area contributed by atoms with E-state index in [1.54, 1.807) is 0 Å². The lowest BCUT2D eigenvalue weighted by Crippen LogP contribution is -2.58. The molecule has 0 spiro atoms. The number of nitrogens with one attached hydrogen (secondary N) is 1. The van der Waals surface area contributed by atoms with Crippen molar-refractivity contribution < 1.29 is 9.47 Å². The summed E-state index contributed by atoms with van der Waals surface area (Å²) in [4.78, 5) is 8.32. The molecule has 2 atom stereocenters. The summed E-state index contributed by atoms with van der Waals surface area (Å²) in [6.07, 6.45) is 3.63. The third kappa shape index (κ3) is 3.20. The van der Waals surface area contributed by atoms with Gasteiger partial charge in [0.25, 0.3) is 0 Å². The summed E-state index contributed by atoms with van der Waals surface area (Å²) in [6, 6.07) is 0.283. The van der Waals surface area contributed by atoms with E-state index < -0.39 is 0 Å². The van der Waals surface area contributed by atoms with Gasteiger partial charge in [0.2, 0.25) is 5.88 Å². The maximum Gasteiger partial charge on any atom is 0.242 e. The van der Waals surface area contributed by atoms with Gasteiger partial charge in [-0.05, 0) is 19.8 Å². The van der Waals surface area contributed by atoms with Gasteiger partial charge in [-0.3, -0.25) is 0 Å². The maximum atomic E-state index is 6.09. The molecule has 3 N–H and O–H groups in total. The molecule has 2 rings (SSSR count). The summed E-state index contributed by atoms with van der Waals surface area (Å²) >= 11 is 0. The fourth-order valence-corrected chi connectivity index (χ4v) is 2.59. The number of nitrogen functional groups attached to an aromatic ring is 1. The SMILES string of the molecule is CCCOc1ncnc(NC2CC(OCC)C2(C)C)c1N. The third-order valence-electron chi connectivity index (χ3n) is 4.15. The van der Waals surface area contributed by atoms with Crippen LogP contribution in [0.15, 0.2) is 6.33 Å². The number of hydrogen-bond donors (Lipinski definition) is 2. The predicted octanol–water partition coefficient (Wildman–Crippen LogP) is 2.46. The molecular formula is C15H26N4O2. The Balaban J connectivity index is 2.04. The number of aromatic nitrogens is 2. The first kappa shape index (κ1) is 15.8. The molecule has 118 valence electrons. The highest BCUT2D eigenvalue weighted by molar-refractivity contribution is 5.67. The van der Waals surface area contributed by atoms with Gasteiger partial charge in [0.05, 0.1) is 12.7 Å². The van der Waals surface area contributed by atoms with Gasteiger partial charge in [-0.25, -0.2) is 4.98 Å². The van der Waals surface area contributed by atoms with Crippen LogP contribution in [0.25, 0.3) is 0 Å². The van der Waals surface area contributed by atoms with Crippen molar-refractivity contribution in [2.24, 2.45) is 5.41 Å². The van der Waals surface area contributed by atoms with E-state index >= 15 is 0 Å². The summed E-state index contributed by atoms with van der Waals surface area (Å²) in [7, 11) is 0. The van der Waals surface area contributed by atoms with Crippen molar-refractivity contribution in [1.29, 1.82) is 0 Å². The lowest BCUT2D eigenvalue weighted by atomic mass is 9.64. The Bertz CT molecular complexity index is 479. The Morgan fingerprint density at radius 2 is 2.14 bits per heavy atom. The number of rotatable bonds is 7. The second kappa shape index (κ2) is 6.47. The molecule has 0 saturated heterocycles. The zero-order valence-electron chi connectivity index (χ0n) is 13.3. The Labute approximate surface area is 126 Å². The molecule has 0 aromatic carbocycles. The molecule has 2 unspecified atom stereocenters. The van der Waals surface area contributed by atoms with Gasteiger partial charge in [-0.1, -0.05) is 20.8 Å². The summed E-state index contributed by atoms with van der Waals surface area (Å²) in [5.41, 5.74) is 6.62. The van der Waals surface area contributed by atoms with Gasteiger partial charge in [-0.15, -0.1) is 0 Å². The molecule has 21 heavy (non-hydrogen) atoms. The summed E-state index contributed by atoms with van der Waals surface area (Å²) in [5.74, 6) is 1.09. The van der Waals surface area contributed by atoms with Crippen molar-refractivity contribution in [2.75, 3.05) is 24.3 Å². The Morgan fingerprint density at radius 3 is 2.76 bits per heavy atom. The second-order valence-electron chi connectivity index (χ2n) is 5.99. The fourth-order valence-electron chi connectivity index (χ4n) is 2.59. The van der Waals surface area contributed by atoms with Gasteiger partial charge in [0, 0.05) is 18.1 Å². The molecule has 1 aliphatic rings. The highest BCUT2D eigenvalue weighted by Gasteiger charge is 2.49. The predicted molar refractivity (Wildman–Crippen MR) is 83.5 cm³/mol. The topological polar surface area (TPSA) is 82.3 Å². The van der Waals surface area contributed by atoms with E-state index in [0.29, 0.717) is 24.0 Å². The molecule has 1 saturated carbocycles. The third-order valence-corrected chi connectivity index (χ3v) is 4.15. The number of hydrogen-bond acceptors (Lipinski definition) is 6. The van der Waals surface area contributed by atoms with Gasteiger partial charge in [0.15, 0.2) is 5.82 Å². The van der Waals surface area contributed by atoms with Crippen LogP contribution < -0.4 is 15.8 Å². The van der Waals surface area contributed by atoms with E-state index in [-0.39, 0.29) is 17.6 Å². The largest absolute Gasteiger partial charge is 0.476 e. The Morgan fingerprint density at radius 1 is 1.38 bits per heavy atom. The molecule has 6 heteroatoms. The fraction of sp³-hybridized carbons (Fsp3) is 0.733. The van der Waals surface area contributed by atoms with E-state index in [9.17, 15) is 0 Å². The maximum absolute atomic E-state index is 6.09. The van der Waals surface area contributed by atoms with Gasteiger partial charge >= 0.3 is 0 Å². The smallest absolute Gasteiger partial charge is 0.242 e. The minimum atomic E-state index is 0.0534. The zero-order chi connectivity index (χ0) is 15.5. The standard InChI is InChI=1S/C15H26N4O2/c1-5-7-21-14-12(16)13(17-9-18-14)19-10-8-11(20-6-2)15(10,3)4/h9-11H,5-8,16H2,1-4H3,(H,17,18,19). The first-order valence-corrected chi connectivity index (χ1v) is 7.62. The molecule has 0 bridgehead atoms. The summed E-state index contributed by atoms with van der Waals surface area (Å²) < 4.78 is 11.3. The lowest BCUT2D eigenvalue weighted by molar-refractivity contribution is -0.0976. The van der Waals surface area contributed by atoms with Crippen LogP contribution in [0.5, 0.6) is 5.88 Å². The van der Waals surface area contributed by atoms with Crippen LogP contribution in [0.2, 0.25) is 0 Å². The van der Waals surface area contributed by atoms with Gasteiger partial charge < -0.3 is 20.5 Å². The Kier molecular flexibility index (Phi) is 4.88. The van der Waals surface area contributed by atoms with Crippen LogP contribution in [0.1, 0.15) is 40.5 Å². The molecule has 0 amide bonds.